The van der Waals surface area contributed by atoms with Crippen LogP contribution >= 0.6 is 0 Å². The number of urea groups is 1. The highest BCUT2D eigenvalue weighted by Gasteiger charge is 2.13. The zero-order valence-electron chi connectivity index (χ0n) is 16.8. The molecule has 0 spiro atoms. The Labute approximate surface area is 172 Å². The molecule has 2 amide bonds. The summed E-state index contributed by atoms with van der Waals surface area (Å²) < 4.78 is 34.0. The minimum atomic E-state index is -2.87. The number of anilines is 1. The Morgan fingerprint density at radius 3 is 2.37 bits per heavy atom. The molecule has 0 unspecified atom stereocenters. The number of alkyl halides is 2. The van der Waals surface area contributed by atoms with Gasteiger partial charge in [0.15, 0.2) is 5.82 Å². The predicted molar refractivity (Wildman–Crippen MR) is 107 cm³/mol. The molecular weight excluding hydrogens is 394 g/mol. The van der Waals surface area contributed by atoms with Gasteiger partial charge in [0.05, 0.1) is 0 Å². The van der Waals surface area contributed by atoms with Crippen molar-refractivity contribution >= 4 is 11.7 Å². The van der Waals surface area contributed by atoms with Gasteiger partial charge in [0.1, 0.15) is 5.75 Å². The Morgan fingerprint density at radius 2 is 1.80 bits per heavy atom. The number of nitrogens with zero attached hydrogens (tertiary/aromatic N) is 3. The van der Waals surface area contributed by atoms with E-state index in [2.05, 4.69) is 20.2 Å². The number of nitrogens with one attached hydrogen (secondary N) is 1. The highest BCUT2D eigenvalue weighted by atomic mass is 19.3. The Kier molecular flexibility index (Phi) is 6.61. The second kappa shape index (κ2) is 9.34. The number of aromatic nitrogens is 2. The summed E-state index contributed by atoms with van der Waals surface area (Å²) in [5, 5.41) is 6.74. The molecule has 0 saturated heterocycles. The molecule has 0 aliphatic rings. The number of ether oxygens (including phenoxy) is 1. The van der Waals surface area contributed by atoms with E-state index in [9.17, 15) is 13.6 Å². The Morgan fingerprint density at radius 1 is 1.13 bits per heavy atom. The first-order chi connectivity index (χ1) is 14.3. The van der Waals surface area contributed by atoms with Gasteiger partial charge in [-0.05, 0) is 42.0 Å². The van der Waals surface area contributed by atoms with Gasteiger partial charge >= 0.3 is 12.6 Å². The fourth-order valence-electron chi connectivity index (χ4n) is 2.62. The van der Waals surface area contributed by atoms with Crippen molar-refractivity contribution in [3.8, 4) is 17.2 Å². The standard InChI is InChI=1S/C21H22F2N4O3/c1-13(2)18-25-19(30-26-18)15-6-8-16(9-7-15)24-21(28)27(3)12-14-4-10-17(11-5-14)29-20(22)23/h4-11,13,20H,12H2,1-3H3,(H,24,28). The number of rotatable bonds is 7. The molecule has 1 N–H and O–H groups in total. The van der Waals surface area contributed by atoms with Crippen molar-refractivity contribution in [1.29, 1.82) is 0 Å². The van der Waals surface area contributed by atoms with Crippen molar-refractivity contribution in [2.45, 2.75) is 32.9 Å². The first kappa shape index (κ1) is 21.2. The van der Waals surface area contributed by atoms with Gasteiger partial charge in [-0.3, -0.25) is 0 Å². The Bertz CT molecular complexity index is 973. The molecule has 0 aliphatic carbocycles. The second-order valence-electron chi connectivity index (χ2n) is 7.00. The van der Waals surface area contributed by atoms with Crippen molar-refractivity contribution in [2.24, 2.45) is 0 Å². The predicted octanol–water partition coefficient (Wildman–Crippen LogP) is 5.13. The normalized spacial score (nSPS) is 11.0. The quantitative estimate of drug-likeness (QED) is 0.578. The van der Waals surface area contributed by atoms with E-state index in [0.717, 1.165) is 11.1 Å². The van der Waals surface area contributed by atoms with Gasteiger partial charge in [0.25, 0.3) is 5.89 Å². The van der Waals surface area contributed by atoms with Crippen LogP contribution in [-0.4, -0.2) is 34.7 Å². The van der Waals surface area contributed by atoms with E-state index in [4.69, 9.17) is 4.52 Å². The smallest absolute Gasteiger partial charge is 0.387 e. The van der Waals surface area contributed by atoms with Crippen LogP contribution in [0.3, 0.4) is 0 Å². The van der Waals surface area contributed by atoms with Gasteiger partial charge in [-0.25, -0.2) is 4.79 Å². The van der Waals surface area contributed by atoms with Crippen LogP contribution in [0.4, 0.5) is 19.3 Å². The van der Waals surface area contributed by atoms with Crippen LogP contribution in [0.15, 0.2) is 53.1 Å². The van der Waals surface area contributed by atoms with Crippen LogP contribution in [0, 0.1) is 0 Å². The maximum absolute atomic E-state index is 12.4. The summed E-state index contributed by atoms with van der Waals surface area (Å²) in [6, 6.07) is 12.9. The highest BCUT2D eigenvalue weighted by Crippen LogP contribution is 2.22. The average Bonchev–Trinajstić information content (AvgIpc) is 3.20. The Balaban J connectivity index is 1.57. The van der Waals surface area contributed by atoms with E-state index in [0.29, 0.717) is 23.9 Å². The third-order valence-electron chi connectivity index (χ3n) is 4.26. The maximum atomic E-state index is 12.4. The van der Waals surface area contributed by atoms with Crippen molar-refractivity contribution in [3.63, 3.8) is 0 Å². The molecule has 3 aromatic rings. The zero-order valence-corrected chi connectivity index (χ0v) is 16.8. The number of carbonyl (C=O) groups is 1. The first-order valence-corrected chi connectivity index (χ1v) is 9.31. The van der Waals surface area contributed by atoms with Crippen LogP contribution in [0.1, 0.15) is 31.2 Å². The molecule has 1 aromatic heterocycles. The molecular formula is C21H22F2N4O3. The van der Waals surface area contributed by atoms with Crippen molar-refractivity contribution in [1.82, 2.24) is 15.0 Å². The molecule has 0 aliphatic heterocycles. The maximum Gasteiger partial charge on any atom is 0.387 e. The van der Waals surface area contributed by atoms with E-state index in [1.165, 1.54) is 17.0 Å². The van der Waals surface area contributed by atoms with Gasteiger partial charge < -0.3 is 19.5 Å². The van der Waals surface area contributed by atoms with E-state index in [1.54, 1.807) is 43.4 Å². The van der Waals surface area contributed by atoms with E-state index < -0.39 is 6.61 Å². The van der Waals surface area contributed by atoms with Crippen molar-refractivity contribution < 1.29 is 22.8 Å². The SMILES string of the molecule is CC(C)c1noc(-c2ccc(NC(=O)N(C)Cc3ccc(OC(F)F)cc3)cc2)n1. The first-order valence-electron chi connectivity index (χ1n) is 9.31. The Hall–Kier alpha value is -3.49. The average molecular weight is 416 g/mol. The molecule has 7 nitrogen and oxygen atoms in total. The zero-order chi connectivity index (χ0) is 21.7. The van der Waals surface area contributed by atoms with Crippen molar-refractivity contribution in [2.75, 3.05) is 12.4 Å². The molecule has 0 bridgehead atoms. The fourth-order valence-corrected chi connectivity index (χ4v) is 2.62. The van der Waals surface area contributed by atoms with Gasteiger partial charge in [-0.15, -0.1) is 0 Å². The summed E-state index contributed by atoms with van der Waals surface area (Å²) in [5.74, 6) is 1.30. The fraction of sp³-hybridized carbons (Fsp3) is 0.286. The summed E-state index contributed by atoms with van der Waals surface area (Å²) in [7, 11) is 1.64. The molecule has 2 aromatic carbocycles. The number of carbonyl (C=O) groups excluding carboxylic acids is 1. The third-order valence-corrected chi connectivity index (χ3v) is 4.26. The number of hydrogen-bond donors (Lipinski definition) is 1. The number of halogens is 2. The van der Waals surface area contributed by atoms with Crippen LogP contribution < -0.4 is 10.1 Å². The van der Waals surface area contributed by atoms with E-state index >= 15 is 0 Å². The van der Waals surface area contributed by atoms with Crippen LogP contribution in [-0.2, 0) is 6.54 Å². The molecule has 0 fully saturated rings. The summed E-state index contributed by atoms with van der Waals surface area (Å²) in [6.45, 7) is 1.40. The van der Waals surface area contributed by atoms with Crippen molar-refractivity contribution in [3.05, 3.63) is 59.9 Å². The van der Waals surface area contributed by atoms with Gasteiger partial charge in [-0.2, -0.15) is 13.8 Å². The third kappa shape index (κ3) is 5.53. The molecule has 158 valence electrons. The minimum Gasteiger partial charge on any atom is -0.435 e. The molecule has 9 heteroatoms. The molecule has 3 rings (SSSR count). The largest absolute Gasteiger partial charge is 0.435 e. The van der Waals surface area contributed by atoms with Crippen LogP contribution in [0.25, 0.3) is 11.5 Å². The van der Waals surface area contributed by atoms with Gasteiger partial charge in [-0.1, -0.05) is 31.1 Å². The molecule has 0 saturated carbocycles. The minimum absolute atomic E-state index is 0.0720. The number of hydrogen-bond acceptors (Lipinski definition) is 5. The molecule has 30 heavy (non-hydrogen) atoms. The molecule has 1 heterocycles. The van der Waals surface area contributed by atoms with E-state index in [1.807, 2.05) is 13.8 Å². The van der Waals surface area contributed by atoms with Gasteiger partial charge in [0.2, 0.25) is 0 Å². The summed E-state index contributed by atoms with van der Waals surface area (Å²) in [5.41, 5.74) is 2.15. The summed E-state index contributed by atoms with van der Waals surface area (Å²) in [6.07, 6.45) is 0. The number of benzene rings is 2. The summed E-state index contributed by atoms with van der Waals surface area (Å²) >= 11 is 0. The monoisotopic (exact) mass is 416 g/mol. The highest BCUT2D eigenvalue weighted by molar-refractivity contribution is 5.89. The van der Waals surface area contributed by atoms with Crippen LogP contribution in [0.5, 0.6) is 5.75 Å². The lowest BCUT2D eigenvalue weighted by molar-refractivity contribution is -0.0498. The second-order valence-corrected chi connectivity index (χ2v) is 7.00. The van der Waals surface area contributed by atoms with Crippen LogP contribution in [0.2, 0.25) is 0 Å². The summed E-state index contributed by atoms with van der Waals surface area (Å²) in [4.78, 5) is 18.2. The lowest BCUT2D eigenvalue weighted by Gasteiger charge is -2.18. The molecule has 0 radical (unpaired) electrons. The van der Waals surface area contributed by atoms with Gasteiger partial charge in [0, 0.05) is 30.8 Å². The lowest BCUT2D eigenvalue weighted by Crippen LogP contribution is -2.30. The molecule has 0 atom stereocenters. The van der Waals surface area contributed by atoms with E-state index in [-0.39, 0.29) is 17.7 Å². The number of amides is 2. The lowest BCUT2D eigenvalue weighted by atomic mass is 10.2. The topological polar surface area (TPSA) is 80.5 Å².